The lowest BCUT2D eigenvalue weighted by Crippen LogP contribution is -2.36. The topological polar surface area (TPSA) is 44.1 Å². The van der Waals surface area contributed by atoms with Gasteiger partial charge in [-0.2, -0.15) is 5.26 Å². The molecule has 0 radical (unpaired) electrons. The van der Waals surface area contributed by atoms with Crippen LogP contribution < -0.4 is 0 Å². The number of hydrogen-bond acceptors (Lipinski definition) is 3. The molecule has 0 saturated carbocycles. The summed E-state index contributed by atoms with van der Waals surface area (Å²) >= 11 is 0. The number of ketones is 1. The zero-order valence-electron chi connectivity index (χ0n) is 11.5. The summed E-state index contributed by atoms with van der Waals surface area (Å²) in [5.74, 6) is 0.110. The molecule has 1 rings (SSSR count). The van der Waals surface area contributed by atoms with E-state index in [1.165, 1.54) is 5.56 Å². The number of rotatable bonds is 5. The molecule has 3 nitrogen and oxygen atoms in total. The van der Waals surface area contributed by atoms with Crippen molar-refractivity contribution in [2.45, 2.75) is 33.2 Å². The lowest BCUT2D eigenvalue weighted by Gasteiger charge is -2.22. The molecule has 0 saturated heterocycles. The molecule has 0 aromatic heterocycles. The largest absolute Gasteiger partial charge is 0.296 e. The summed E-state index contributed by atoms with van der Waals surface area (Å²) in [5, 5.41) is 8.56. The quantitative estimate of drug-likeness (QED) is 0.748. The maximum Gasteiger partial charge on any atom is 0.179 e. The first-order valence-corrected chi connectivity index (χ1v) is 6.16. The van der Waals surface area contributed by atoms with E-state index in [1.54, 1.807) is 0 Å². The van der Waals surface area contributed by atoms with E-state index in [2.05, 4.69) is 6.07 Å². The van der Waals surface area contributed by atoms with Gasteiger partial charge in [0, 0.05) is 18.5 Å². The molecule has 0 bridgehead atoms. The SMILES string of the molecule is Cc1ccc(C(=O)C(C)N(C)CCC#N)cc1C. The van der Waals surface area contributed by atoms with Crippen LogP contribution in [0.3, 0.4) is 0 Å². The fourth-order valence-electron chi connectivity index (χ4n) is 1.76. The molecule has 1 unspecified atom stereocenters. The van der Waals surface area contributed by atoms with Gasteiger partial charge in [0.2, 0.25) is 0 Å². The molecule has 3 heteroatoms. The third-order valence-corrected chi connectivity index (χ3v) is 3.41. The van der Waals surface area contributed by atoms with Crippen LogP contribution >= 0.6 is 0 Å². The molecule has 0 N–H and O–H groups in total. The van der Waals surface area contributed by atoms with Gasteiger partial charge in [-0.15, -0.1) is 0 Å². The van der Waals surface area contributed by atoms with Gasteiger partial charge in [-0.25, -0.2) is 0 Å². The Morgan fingerprint density at radius 3 is 2.61 bits per heavy atom. The number of aryl methyl sites for hydroxylation is 2. The Morgan fingerprint density at radius 2 is 2.06 bits per heavy atom. The molecule has 0 fully saturated rings. The Labute approximate surface area is 109 Å². The van der Waals surface area contributed by atoms with Crippen molar-refractivity contribution in [3.63, 3.8) is 0 Å². The van der Waals surface area contributed by atoms with E-state index in [0.29, 0.717) is 13.0 Å². The minimum atomic E-state index is -0.194. The van der Waals surface area contributed by atoms with Crippen LogP contribution in [0.15, 0.2) is 18.2 Å². The molecule has 1 atom stereocenters. The molecule has 0 aliphatic heterocycles. The van der Waals surface area contributed by atoms with Crippen LogP contribution in [0.5, 0.6) is 0 Å². The summed E-state index contributed by atoms with van der Waals surface area (Å²) in [7, 11) is 1.88. The van der Waals surface area contributed by atoms with Crippen molar-refractivity contribution in [1.29, 1.82) is 5.26 Å². The fraction of sp³-hybridized carbons (Fsp3) is 0.467. The summed E-state index contributed by atoms with van der Waals surface area (Å²) in [5.41, 5.74) is 3.07. The number of nitrogens with zero attached hydrogens (tertiary/aromatic N) is 2. The number of hydrogen-bond donors (Lipinski definition) is 0. The second-order valence-corrected chi connectivity index (χ2v) is 4.73. The van der Waals surface area contributed by atoms with Crippen LogP contribution in [-0.4, -0.2) is 30.3 Å². The number of carbonyl (C=O) groups is 1. The highest BCUT2D eigenvalue weighted by atomic mass is 16.1. The van der Waals surface area contributed by atoms with E-state index < -0.39 is 0 Å². The highest BCUT2D eigenvalue weighted by Crippen LogP contribution is 2.13. The average molecular weight is 244 g/mol. The molecule has 0 spiro atoms. The highest BCUT2D eigenvalue weighted by molar-refractivity contribution is 6.00. The first-order chi connectivity index (χ1) is 8.47. The Hall–Kier alpha value is -1.66. The molecule has 1 aromatic rings. The number of likely N-dealkylation sites (N-methyl/N-ethyl adjacent to an activating group) is 1. The van der Waals surface area contributed by atoms with Crippen molar-refractivity contribution in [1.82, 2.24) is 4.90 Å². The maximum atomic E-state index is 12.3. The van der Waals surface area contributed by atoms with Crippen molar-refractivity contribution >= 4 is 5.78 Å². The second-order valence-electron chi connectivity index (χ2n) is 4.73. The van der Waals surface area contributed by atoms with Crippen LogP contribution in [0.4, 0.5) is 0 Å². The van der Waals surface area contributed by atoms with Crippen LogP contribution in [0, 0.1) is 25.2 Å². The molecule has 0 aliphatic rings. The van der Waals surface area contributed by atoms with E-state index >= 15 is 0 Å². The molecule has 0 amide bonds. The molecule has 0 aliphatic carbocycles. The van der Waals surface area contributed by atoms with Crippen molar-refractivity contribution in [3.05, 3.63) is 34.9 Å². The van der Waals surface area contributed by atoms with Crippen LogP contribution in [0.2, 0.25) is 0 Å². The number of benzene rings is 1. The monoisotopic (exact) mass is 244 g/mol. The van der Waals surface area contributed by atoms with E-state index in [1.807, 2.05) is 50.9 Å². The zero-order chi connectivity index (χ0) is 13.7. The van der Waals surface area contributed by atoms with Gasteiger partial charge in [0.25, 0.3) is 0 Å². The Balaban J connectivity index is 2.80. The maximum absolute atomic E-state index is 12.3. The van der Waals surface area contributed by atoms with Crippen molar-refractivity contribution in [2.24, 2.45) is 0 Å². The van der Waals surface area contributed by atoms with Gasteiger partial charge < -0.3 is 0 Å². The fourth-order valence-corrected chi connectivity index (χ4v) is 1.76. The number of carbonyl (C=O) groups excluding carboxylic acids is 1. The lowest BCUT2D eigenvalue weighted by molar-refractivity contribution is 0.0870. The Morgan fingerprint density at radius 1 is 1.39 bits per heavy atom. The highest BCUT2D eigenvalue weighted by Gasteiger charge is 2.19. The van der Waals surface area contributed by atoms with Crippen molar-refractivity contribution in [2.75, 3.05) is 13.6 Å². The summed E-state index contributed by atoms with van der Waals surface area (Å²) in [6.07, 6.45) is 0.445. The minimum Gasteiger partial charge on any atom is -0.296 e. The summed E-state index contributed by atoms with van der Waals surface area (Å²) in [4.78, 5) is 14.2. The number of Topliss-reactive ketones (excluding diaryl/α,β-unsaturated/α-hetero) is 1. The van der Waals surface area contributed by atoms with Gasteiger partial charge >= 0.3 is 0 Å². The summed E-state index contributed by atoms with van der Waals surface area (Å²) in [6.45, 7) is 6.55. The predicted molar refractivity (Wildman–Crippen MR) is 72.6 cm³/mol. The zero-order valence-corrected chi connectivity index (χ0v) is 11.5. The summed E-state index contributed by atoms with van der Waals surface area (Å²) in [6, 6.07) is 7.69. The molecule has 18 heavy (non-hydrogen) atoms. The van der Waals surface area contributed by atoms with Gasteiger partial charge in [0.15, 0.2) is 5.78 Å². The molecule has 1 aromatic carbocycles. The van der Waals surface area contributed by atoms with Crippen LogP contribution in [-0.2, 0) is 0 Å². The van der Waals surface area contributed by atoms with E-state index in [4.69, 9.17) is 5.26 Å². The van der Waals surface area contributed by atoms with Crippen LogP contribution in [0.25, 0.3) is 0 Å². The standard InChI is InChI=1S/C15H20N2O/c1-11-6-7-14(10-12(11)2)15(18)13(3)17(4)9-5-8-16/h6-7,10,13H,5,9H2,1-4H3. The first-order valence-electron chi connectivity index (χ1n) is 6.16. The molecular formula is C15H20N2O. The van der Waals surface area contributed by atoms with Gasteiger partial charge in [-0.3, -0.25) is 9.69 Å². The third kappa shape index (κ3) is 3.41. The van der Waals surface area contributed by atoms with Gasteiger partial charge in [-0.05, 0) is 45.0 Å². The predicted octanol–water partition coefficient (Wildman–Crippen LogP) is 2.72. The van der Waals surface area contributed by atoms with E-state index in [0.717, 1.165) is 11.1 Å². The molecule has 0 heterocycles. The Bertz CT molecular complexity index is 474. The lowest BCUT2D eigenvalue weighted by atomic mass is 10.00. The van der Waals surface area contributed by atoms with Gasteiger partial charge in [0.05, 0.1) is 12.1 Å². The second kappa shape index (κ2) is 6.32. The van der Waals surface area contributed by atoms with Crippen molar-refractivity contribution < 1.29 is 4.79 Å². The average Bonchev–Trinajstić information content (AvgIpc) is 2.37. The van der Waals surface area contributed by atoms with E-state index in [9.17, 15) is 4.79 Å². The molecular weight excluding hydrogens is 224 g/mol. The Kier molecular flexibility index (Phi) is 5.06. The number of nitriles is 1. The van der Waals surface area contributed by atoms with Gasteiger partial charge in [-0.1, -0.05) is 12.1 Å². The van der Waals surface area contributed by atoms with E-state index in [-0.39, 0.29) is 11.8 Å². The summed E-state index contributed by atoms with van der Waals surface area (Å²) < 4.78 is 0. The smallest absolute Gasteiger partial charge is 0.179 e. The third-order valence-electron chi connectivity index (χ3n) is 3.41. The van der Waals surface area contributed by atoms with Crippen LogP contribution in [0.1, 0.15) is 34.8 Å². The molecule has 96 valence electrons. The first kappa shape index (κ1) is 14.4. The van der Waals surface area contributed by atoms with Gasteiger partial charge in [0.1, 0.15) is 0 Å². The minimum absolute atomic E-state index is 0.110. The van der Waals surface area contributed by atoms with Crippen molar-refractivity contribution in [3.8, 4) is 6.07 Å². The normalized spacial score (nSPS) is 12.2.